The van der Waals surface area contributed by atoms with E-state index in [-0.39, 0.29) is 11.9 Å². The Balaban J connectivity index is 1.25. The molecule has 1 aromatic rings. The van der Waals surface area contributed by atoms with E-state index < -0.39 is 5.60 Å². The van der Waals surface area contributed by atoms with E-state index in [0.29, 0.717) is 18.9 Å². The third-order valence-electron chi connectivity index (χ3n) is 5.55. The largest absolute Gasteiger partial charge is 0.492 e. The first kappa shape index (κ1) is 15.9. The van der Waals surface area contributed by atoms with E-state index in [1.807, 2.05) is 24.3 Å². The Morgan fingerprint density at radius 1 is 1.29 bits per heavy atom. The van der Waals surface area contributed by atoms with Gasteiger partial charge in [-0.25, -0.2) is 0 Å². The standard InChI is InChI=1S/C19H25NO4/c1-23-18(21)14-8-19(22,9-14)15-4-6-17(7-5-15)24-12-16-11-20(16)10-13-2-3-13/h4-7,13-14,16,22H,2-3,8-12H2,1H3. The number of hydrogen-bond acceptors (Lipinski definition) is 5. The molecule has 2 saturated carbocycles. The van der Waals surface area contributed by atoms with Crippen molar-refractivity contribution in [3.63, 3.8) is 0 Å². The van der Waals surface area contributed by atoms with E-state index in [1.54, 1.807) is 0 Å². The second kappa shape index (κ2) is 6.05. The Bertz CT molecular complexity index is 604. The first-order valence-corrected chi connectivity index (χ1v) is 8.85. The maximum absolute atomic E-state index is 11.5. The van der Waals surface area contributed by atoms with E-state index in [4.69, 9.17) is 9.47 Å². The summed E-state index contributed by atoms with van der Waals surface area (Å²) in [6.45, 7) is 3.13. The molecule has 1 heterocycles. The molecule has 2 aliphatic carbocycles. The minimum absolute atomic E-state index is 0.191. The van der Waals surface area contributed by atoms with Gasteiger partial charge in [0.05, 0.1) is 24.7 Å². The van der Waals surface area contributed by atoms with Crippen LogP contribution in [0.2, 0.25) is 0 Å². The highest BCUT2D eigenvalue weighted by Crippen LogP contribution is 2.46. The van der Waals surface area contributed by atoms with E-state index in [9.17, 15) is 9.90 Å². The molecule has 3 aliphatic rings. The molecule has 5 nitrogen and oxygen atoms in total. The number of nitrogens with zero attached hydrogens (tertiary/aromatic N) is 1. The summed E-state index contributed by atoms with van der Waals surface area (Å²) in [5, 5.41) is 10.6. The van der Waals surface area contributed by atoms with Crippen molar-refractivity contribution in [1.82, 2.24) is 4.90 Å². The zero-order valence-electron chi connectivity index (χ0n) is 14.1. The number of aliphatic hydroxyl groups is 1. The zero-order chi connectivity index (χ0) is 16.7. The fraction of sp³-hybridized carbons (Fsp3) is 0.632. The number of methoxy groups -OCH3 is 1. The van der Waals surface area contributed by atoms with Gasteiger partial charge in [0.15, 0.2) is 0 Å². The second-order valence-electron chi connectivity index (χ2n) is 7.55. The van der Waals surface area contributed by atoms with Gasteiger partial charge in [0, 0.05) is 13.1 Å². The van der Waals surface area contributed by atoms with Gasteiger partial charge in [-0.3, -0.25) is 9.69 Å². The number of esters is 1. The van der Waals surface area contributed by atoms with Gasteiger partial charge in [0.2, 0.25) is 0 Å². The van der Waals surface area contributed by atoms with Crippen molar-refractivity contribution < 1.29 is 19.4 Å². The molecule has 5 heteroatoms. The van der Waals surface area contributed by atoms with E-state index in [2.05, 4.69) is 4.90 Å². The van der Waals surface area contributed by atoms with E-state index in [0.717, 1.165) is 30.4 Å². The predicted octanol–water partition coefficient (Wildman–Crippen LogP) is 1.93. The fourth-order valence-electron chi connectivity index (χ4n) is 3.62. The Hall–Kier alpha value is -1.59. The van der Waals surface area contributed by atoms with Crippen LogP contribution in [0.3, 0.4) is 0 Å². The van der Waals surface area contributed by atoms with Gasteiger partial charge >= 0.3 is 5.97 Å². The van der Waals surface area contributed by atoms with Gasteiger partial charge < -0.3 is 14.6 Å². The molecule has 0 amide bonds. The highest BCUT2D eigenvalue weighted by Gasteiger charge is 2.47. The molecule has 0 radical (unpaired) electrons. The van der Waals surface area contributed by atoms with Crippen molar-refractivity contribution in [2.45, 2.75) is 37.3 Å². The van der Waals surface area contributed by atoms with Crippen molar-refractivity contribution in [1.29, 1.82) is 0 Å². The Morgan fingerprint density at radius 2 is 2.00 bits per heavy atom. The number of carbonyl (C=O) groups excluding carboxylic acids is 1. The maximum Gasteiger partial charge on any atom is 0.308 e. The van der Waals surface area contributed by atoms with Crippen LogP contribution in [0.1, 0.15) is 31.2 Å². The van der Waals surface area contributed by atoms with Gasteiger partial charge in [0.25, 0.3) is 0 Å². The van der Waals surface area contributed by atoms with Gasteiger partial charge in [-0.05, 0) is 49.3 Å². The molecule has 0 bridgehead atoms. The summed E-state index contributed by atoms with van der Waals surface area (Å²) in [6, 6.07) is 8.19. The number of ether oxygens (including phenoxy) is 2. The van der Waals surface area contributed by atoms with Gasteiger partial charge in [-0.15, -0.1) is 0 Å². The van der Waals surface area contributed by atoms with Crippen LogP contribution in [0.4, 0.5) is 0 Å². The van der Waals surface area contributed by atoms with Crippen LogP contribution in [0.25, 0.3) is 0 Å². The summed E-state index contributed by atoms with van der Waals surface area (Å²) in [6.07, 6.45) is 3.65. The molecule has 0 spiro atoms. The summed E-state index contributed by atoms with van der Waals surface area (Å²) in [4.78, 5) is 13.9. The number of benzene rings is 1. The minimum atomic E-state index is -0.908. The van der Waals surface area contributed by atoms with Crippen molar-refractivity contribution in [2.75, 3.05) is 26.8 Å². The lowest BCUT2D eigenvalue weighted by Crippen LogP contribution is -2.44. The number of carbonyl (C=O) groups is 1. The van der Waals surface area contributed by atoms with Gasteiger partial charge in [-0.1, -0.05) is 12.1 Å². The topological polar surface area (TPSA) is 58.8 Å². The summed E-state index contributed by atoms with van der Waals surface area (Å²) >= 11 is 0. The lowest BCUT2D eigenvalue weighted by Gasteiger charge is -2.42. The third kappa shape index (κ3) is 3.28. The highest BCUT2D eigenvalue weighted by atomic mass is 16.5. The van der Waals surface area contributed by atoms with Crippen molar-refractivity contribution >= 4 is 5.97 Å². The molecule has 1 aliphatic heterocycles. The molecule has 24 heavy (non-hydrogen) atoms. The van der Waals surface area contributed by atoms with E-state index in [1.165, 1.54) is 26.5 Å². The fourth-order valence-corrected chi connectivity index (χ4v) is 3.62. The number of hydrogen-bond donors (Lipinski definition) is 1. The highest BCUT2D eigenvalue weighted by molar-refractivity contribution is 5.74. The molecule has 1 saturated heterocycles. The monoisotopic (exact) mass is 331 g/mol. The quantitative estimate of drug-likeness (QED) is 0.611. The van der Waals surface area contributed by atoms with E-state index >= 15 is 0 Å². The molecule has 1 N–H and O–H groups in total. The number of rotatable bonds is 7. The first-order valence-electron chi connectivity index (χ1n) is 8.85. The zero-order valence-corrected chi connectivity index (χ0v) is 14.1. The van der Waals surface area contributed by atoms with Crippen LogP contribution in [0, 0.1) is 11.8 Å². The molecule has 2 atom stereocenters. The van der Waals surface area contributed by atoms with Crippen LogP contribution in [0.15, 0.2) is 24.3 Å². The lowest BCUT2D eigenvalue weighted by atomic mass is 9.67. The summed E-state index contributed by atoms with van der Waals surface area (Å²) in [5.74, 6) is 1.35. The molecule has 3 fully saturated rings. The smallest absolute Gasteiger partial charge is 0.308 e. The average molecular weight is 331 g/mol. The first-order chi connectivity index (χ1) is 11.6. The van der Waals surface area contributed by atoms with Crippen molar-refractivity contribution in [2.24, 2.45) is 11.8 Å². The maximum atomic E-state index is 11.5. The third-order valence-corrected chi connectivity index (χ3v) is 5.55. The Morgan fingerprint density at radius 3 is 2.62 bits per heavy atom. The lowest BCUT2D eigenvalue weighted by molar-refractivity contribution is -0.163. The Kier molecular flexibility index (Phi) is 4.01. The van der Waals surface area contributed by atoms with Crippen molar-refractivity contribution in [3.05, 3.63) is 29.8 Å². The van der Waals surface area contributed by atoms with Crippen LogP contribution >= 0.6 is 0 Å². The molecule has 2 unspecified atom stereocenters. The Labute approximate surface area is 142 Å². The average Bonchev–Trinajstić information content (AvgIpc) is 3.49. The second-order valence-corrected chi connectivity index (χ2v) is 7.55. The van der Waals surface area contributed by atoms with Crippen LogP contribution in [0.5, 0.6) is 5.75 Å². The van der Waals surface area contributed by atoms with Crippen molar-refractivity contribution in [3.8, 4) is 5.75 Å². The minimum Gasteiger partial charge on any atom is -0.492 e. The van der Waals surface area contributed by atoms with Gasteiger partial charge in [0.1, 0.15) is 12.4 Å². The molecule has 4 rings (SSSR count). The summed E-state index contributed by atoms with van der Waals surface area (Å²) in [7, 11) is 1.39. The predicted molar refractivity (Wildman–Crippen MR) is 88.7 cm³/mol. The van der Waals surface area contributed by atoms with Crippen LogP contribution in [-0.4, -0.2) is 48.8 Å². The summed E-state index contributed by atoms with van der Waals surface area (Å²) < 4.78 is 10.6. The molecular weight excluding hydrogens is 306 g/mol. The molecule has 0 aromatic heterocycles. The van der Waals surface area contributed by atoms with Crippen LogP contribution in [-0.2, 0) is 15.1 Å². The van der Waals surface area contributed by atoms with Gasteiger partial charge in [-0.2, -0.15) is 0 Å². The molecule has 130 valence electrons. The van der Waals surface area contributed by atoms with Crippen LogP contribution < -0.4 is 4.74 Å². The SMILES string of the molecule is COC(=O)C1CC(O)(c2ccc(OCC3CN3CC3CC3)cc2)C1. The molecule has 1 aromatic carbocycles. The molecular formula is C19H25NO4. The normalized spacial score (nSPS) is 34.3. The summed E-state index contributed by atoms with van der Waals surface area (Å²) in [5.41, 5.74) is -0.0635.